The van der Waals surface area contributed by atoms with E-state index in [1.807, 2.05) is 36.4 Å². The van der Waals surface area contributed by atoms with Crippen LogP contribution in [0.5, 0.6) is 11.5 Å². The molecule has 1 heterocycles. The molecule has 0 radical (unpaired) electrons. The summed E-state index contributed by atoms with van der Waals surface area (Å²) in [5, 5.41) is 10.4. The number of hydrogen-bond acceptors (Lipinski definition) is 3. The highest BCUT2D eigenvalue weighted by Crippen LogP contribution is 2.35. The summed E-state index contributed by atoms with van der Waals surface area (Å²) in [5.74, 6) is 1.51. The van der Waals surface area contributed by atoms with Crippen molar-refractivity contribution in [3.63, 3.8) is 0 Å². The van der Waals surface area contributed by atoms with E-state index in [-0.39, 0.29) is 5.41 Å². The normalized spacial score (nSPS) is 17.4. The van der Waals surface area contributed by atoms with Gasteiger partial charge in [-0.1, -0.05) is 23.7 Å². The van der Waals surface area contributed by atoms with Gasteiger partial charge in [0.1, 0.15) is 11.5 Å². The van der Waals surface area contributed by atoms with E-state index in [4.69, 9.17) is 16.3 Å². The largest absolute Gasteiger partial charge is 0.457 e. The molecule has 0 spiro atoms. The van der Waals surface area contributed by atoms with Crippen LogP contribution in [0.4, 0.5) is 0 Å². The molecule has 1 saturated heterocycles. The Kier molecular flexibility index (Phi) is 4.56. The molecule has 0 unspecified atom stereocenters. The van der Waals surface area contributed by atoms with E-state index in [0.29, 0.717) is 5.02 Å². The van der Waals surface area contributed by atoms with Crippen molar-refractivity contribution in [1.29, 1.82) is 5.26 Å². The number of piperidine rings is 1. The number of hydrogen-bond donors (Lipinski definition) is 0. The van der Waals surface area contributed by atoms with Gasteiger partial charge in [-0.25, -0.2) is 0 Å². The number of nitriles is 1. The Labute approximate surface area is 142 Å². The zero-order valence-corrected chi connectivity index (χ0v) is 13.9. The zero-order valence-electron chi connectivity index (χ0n) is 13.1. The maximum absolute atomic E-state index is 9.70. The first-order chi connectivity index (χ1) is 11.1. The van der Waals surface area contributed by atoms with Crippen molar-refractivity contribution in [3.05, 3.63) is 59.1 Å². The van der Waals surface area contributed by atoms with Crippen LogP contribution in [0.25, 0.3) is 0 Å². The van der Waals surface area contributed by atoms with Gasteiger partial charge in [0.05, 0.1) is 11.5 Å². The zero-order chi connectivity index (χ0) is 16.3. The molecule has 0 atom stereocenters. The van der Waals surface area contributed by atoms with Gasteiger partial charge in [0.25, 0.3) is 0 Å². The quantitative estimate of drug-likeness (QED) is 0.825. The van der Waals surface area contributed by atoms with Gasteiger partial charge in [-0.3, -0.25) is 0 Å². The van der Waals surface area contributed by atoms with Crippen LogP contribution in [0, 0.1) is 11.3 Å². The topological polar surface area (TPSA) is 36.3 Å². The number of benzene rings is 2. The minimum Gasteiger partial charge on any atom is -0.457 e. The third kappa shape index (κ3) is 3.50. The molecule has 2 aromatic carbocycles. The molecule has 0 bridgehead atoms. The Hall–Kier alpha value is -2.02. The van der Waals surface area contributed by atoms with Crippen LogP contribution in [0.2, 0.25) is 5.02 Å². The maximum atomic E-state index is 9.70. The first-order valence-electron chi connectivity index (χ1n) is 7.75. The molecule has 0 N–H and O–H groups in total. The van der Waals surface area contributed by atoms with Crippen LogP contribution in [0.3, 0.4) is 0 Å². The van der Waals surface area contributed by atoms with E-state index in [1.165, 1.54) is 0 Å². The Balaban J connectivity index is 1.76. The summed E-state index contributed by atoms with van der Waals surface area (Å²) in [5.41, 5.74) is 0.710. The van der Waals surface area contributed by atoms with E-state index in [0.717, 1.165) is 43.0 Å². The fourth-order valence-electron chi connectivity index (χ4n) is 2.95. The van der Waals surface area contributed by atoms with Crippen molar-refractivity contribution < 1.29 is 4.74 Å². The van der Waals surface area contributed by atoms with Crippen LogP contribution >= 0.6 is 11.6 Å². The molecule has 1 aliphatic rings. The summed E-state index contributed by atoms with van der Waals surface area (Å²) in [7, 11) is 2.10. The predicted molar refractivity (Wildman–Crippen MR) is 92.0 cm³/mol. The Bertz CT molecular complexity index is 696. The molecule has 23 heavy (non-hydrogen) atoms. The smallest absolute Gasteiger partial charge is 0.127 e. The molecule has 3 nitrogen and oxygen atoms in total. The van der Waals surface area contributed by atoms with Crippen molar-refractivity contribution in [1.82, 2.24) is 4.90 Å². The predicted octanol–water partition coefficient (Wildman–Crippen LogP) is 4.62. The summed E-state index contributed by atoms with van der Waals surface area (Å²) in [6, 6.07) is 17.7. The van der Waals surface area contributed by atoms with Gasteiger partial charge in [-0.2, -0.15) is 5.26 Å². The molecule has 0 aromatic heterocycles. The summed E-state index contributed by atoms with van der Waals surface area (Å²) in [6.45, 7) is 1.91. The number of likely N-dealkylation sites (tertiary alicyclic amines) is 1. The molecule has 4 heteroatoms. The highest BCUT2D eigenvalue weighted by atomic mass is 35.5. The fourth-order valence-corrected chi connectivity index (χ4v) is 3.07. The van der Waals surface area contributed by atoms with Gasteiger partial charge in [0.15, 0.2) is 0 Å². The van der Waals surface area contributed by atoms with E-state index in [1.54, 1.807) is 12.1 Å². The van der Waals surface area contributed by atoms with Crippen LogP contribution < -0.4 is 4.74 Å². The van der Waals surface area contributed by atoms with Crippen molar-refractivity contribution in [2.75, 3.05) is 20.1 Å². The summed E-state index contributed by atoms with van der Waals surface area (Å²) in [6.07, 6.45) is 1.74. The van der Waals surface area contributed by atoms with Crippen LogP contribution in [-0.2, 0) is 5.41 Å². The lowest BCUT2D eigenvalue weighted by Gasteiger charge is -2.35. The fraction of sp³-hybridized carbons (Fsp3) is 0.316. The van der Waals surface area contributed by atoms with Gasteiger partial charge in [0.2, 0.25) is 0 Å². The van der Waals surface area contributed by atoms with E-state index in [2.05, 4.69) is 18.0 Å². The van der Waals surface area contributed by atoms with Crippen molar-refractivity contribution in [2.45, 2.75) is 18.3 Å². The Morgan fingerprint density at radius 3 is 2.04 bits per heavy atom. The monoisotopic (exact) mass is 326 g/mol. The molecule has 1 fully saturated rings. The van der Waals surface area contributed by atoms with Crippen LogP contribution in [0.15, 0.2) is 48.5 Å². The number of ether oxygens (including phenoxy) is 1. The van der Waals surface area contributed by atoms with Gasteiger partial charge in [-0.15, -0.1) is 0 Å². The standard InChI is InChI=1S/C19H19ClN2O/c1-22-12-10-19(14-21,11-13-22)15-2-6-17(7-3-15)23-18-8-4-16(20)5-9-18/h2-9H,10-13H2,1H3. The highest BCUT2D eigenvalue weighted by molar-refractivity contribution is 6.30. The third-order valence-electron chi connectivity index (χ3n) is 4.51. The van der Waals surface area contributed by atoms with Crippen molar-refractivity contribution in [3.8, 4) is 17.6 Å². The Morgan fingerprint density at radius 1 is 1.00 bits per heavy atom. The molecule has 1 aliphatic heterocycles. The second-order valence-corrected chi connectivity index (χ2v) is 6.51. The second kappa shape index (κ2) is 6.62. The third-order valence-corrected chi connectivity index (χ3v) is 4.76. The average molecular weight is 327 g/mol. The highest BCUT2D eigenvalue weighted by Gasteiger charge is 2.35. The number of nitrogens with zero attached hydrogens (tertiary/aromatic N) is 2. The lowest BCUT2D eigenvalue weighted by Crippen LogP contribution is -2.39. The second-order valence-electron chi connectivity index (χ2n) is 6.08. The van der Waals surface area contributed by atoms with Crippen LogP contribution in [0.1, 0.15) is 18.4 Å². The van der Waals surface area contributed by atoms with Gasteiger partial charge in [-0.05, 0) is 74.9 Å². The molecular weight excluding hydrogens is 308 g/mol. The average Bonchev–Trinajstić information content (AvgIpc) is 2.59. The van der Waals surface area contributed by atoms with Gasteiger partial charge >= 0.3 is 0 Å². The Morgan fingerprint density at radius 2 is 1.52 bits per heavy atom. The van der Waals surface area contributed by atoms with Gasteiger partial charge in [0, 0.05) is 5.02 Å². The minimum atomic E-state index is -0.370. The molecule has 0 amide bonds. The van der Waals surface area contributed by atoms with Crippen molar-refractivity contribution >= 4 is 11.6 Å². The van der Waals surface area contributed by atoms with Gasteiger partial charge < -0.3 is 9.64 Å². The first-order valence-corrected chi connectivity index (χ1v) is 8.13. The molecule has 3 rings (SSSR count). The SMILES string of the molecule is CN1CCC(C#N)(c2ccc(Oc3ccc(Cl)cc3)cc2)CC1. The van der Waals surface area contributed by atoms with E-state index in [9.17, 15) is 5.26 Å². The lowest BCUT2D eigenvalue weighted by atomic mass is 9.74. The first kappa shape index (κ1) is 15.9. The maximum Gasteiger partial charge on any atom is 0.127 e. The molecule has 0 saturated carbocycles. The van der Waals surface area contributed by atoms with Crippen LogP contribution in [-0.4, -0.2) is 25.0 Å². The number of halogens is 1. The van der Waals surface area contributed by atoms with E-state index >= 15 is 0 Å². The molecular formula is C19H19ClN2O. The van der Waals surface area contributed by atoms with Crippen molar-refractivity contribution in [2.24, 2.45) is 0 Å². The molecule has 2 aromatic rings. The summed E-state index contributed by atoms with van der Waals surface area (Å²) in [4.78, 5) is 2.27. The van der Waals surface area contributed by atoms with E-state index < -0.39 is 0 Å². The molecule has 0 aliphatic carbocycles. The number of rotatable bonds is 3. The lowest BCUT2D eigenvalue weighted by molar-refractivity contribution is 0.222. The summed E-state index contributed by atoms with van der Waals surface area (Å²) >= 11 is 5.87. The summed E-state index contributed by atoms with van der Waals surface area (Å²) < 4.78 is 5.81. The molecule has 118 valence electrons. The minimum absolute atomic E-state index is 0.370.